The summed E-state index contributed by atoms with van der Waals surface area (Å²) in [5.41, 5.74) is 6.23. The molecule has 1 atom stereocenters. The van der Waals surface area contributed by atoms with Crippen molar-refractivity contribution in [1.29, 1.82) is 0 Å². The number of hydrogen-bond donors (Lipinski definition) is 2. The number of anilines is 1. The van der Waals surface area contributed by atoms with E-state index in [-0.39, 0.29) is 19.3 Å². The molecule has 0 amide bonds. The van der Waals surface area contributed by atoms with Crippen molar-refractivity contribution in [3.05, 3.63) is 24.3 Å². The Morgan fingerprint density at radius 3 is 2.59 bits per heavy atom. The number of rotatable bonds is 6. The molecule has 1 saturated heterocycles. The third kappa shape index (κ3) is 3.89. The van der Waals surface area contributed by atoms with Crippen molar-refractivity contribution >= 4 is 5.69 Å². The van der Waals surface area contributed by atoms with Crippen LogP contribution in [0.15, 0.2) is 24.3 Å². The lowest BCUT2D eigenvalue weighted by molar-refractivity contribution is -0.145. The highest BCUT2D eigenvalue weighted by Crippen LogP contribution is 2.13. The van der Waals surface area contributed by atoms with Crippen LogP contribution in [0.25, 0.3) is 0 Å². The maximum atomic E-state index is 9.62. The number of hydrogen-bond acceptors (Lipinski definition) is 5. The van der Waals surface area contributed by atoms with E-state index in [0.717, 1.165) is 0 Å². The maximum absolute atomic E-state index is 9.62. The lowest BCUT2D eigenvalue weighted by Gasteiger charge is -2.27. The van der Waals surface area contributed by atoms with E-state index in [1.807, 2.05) is 0 Å². The van der Waals surface area contributed by atoms with Crippen LogP contribution in [0.3, 0.4) is 0 Å². The smallest absolute Gasteiger partial charge is 0.119 e. The second kappa shape index (κ2) is 5.86. The van der Waals surface area contributed by atoms with E-state index in [0.29, 0.717) is 24.7 Å². The number of aliphatic hydroxyl groups is 1. The van der Waals surface area contributed by atoms with E-state index in [4.69, 9.17) is 19.9 Å². The first kappa shape index (κ1) is 12.2. The average Bonchev–Trinajstić information content (AvgIpc) is 2.26. The molecule has 3 N–H and O–H groups in total. The van der Waals surface area contributed by atoms with Crippen molar-refractivity contribution in [2.24, 2.45) is 0 Å². The van der Waals surface area contributed by atoms with Gasteiger partial charge in [-0.2, -0.15) is 0 Å². The molecule has 5 heteroatoms. The zero-order valence-corrected chi connectivity index (χ0v) is 9.54. The summed E-state index contributed by atoms with van der Waals surface area (Å²) in [4.78, 5) is 0. The van der Waals surface area contributed by atoms with Crippen LogP contribution in [0.1, 0.15) is 0 Å². The highest BCUT2D eigenvalue weighted by molar-refractivity contribution is 5.41. The molecular weight excluding hydrogens is 222 g/mol. The molecule has 1 aliphatic heterocycles. The van der Waals surface area contributed by atoms with Gasteiger partial charge in [0.05, 0.1) is 19.8 Å². The summed E-state index contributed by atoms with van der Waals surface area (Å²) in [6, 6.07) is 7.04. The van der Waals surface area contributed by atoms with Gasteiger partial charge in [-0.3, -0.25) is 0 Å². The number of nitrogen functional groups attached to an aromatic ring is 1. The summed E-state index contributed by atoms with van der Waals surface area (Å²) in [5, 5.41) is 9.62. The van der Waals surface area contributed by atoms with Crippen LogP contribution in [-0.2, 0) is 9.47 Å². The minimum absolute atomic E-state index is 0.126. The zero-order chi connectivity index (χ0) is 12.1. The fourth-order valence-corrected chi connectivity index (χ4v) is 1.36. The van der Waals surface area contributed by atoms with Gasteiger partial charge in [0, 0.05) is 5.69 Å². The van der Waals surface area contributed by atoms with Crippen molar-refractivity contribution in [3.63, 3.8) is 0 Å². The summed E-state index contributed by atoms with van der Waals surface area (Å²) in [6.07, 6.45) is -0.505. The summed E-state index contributed by atoms with van der Waals surface area (Å²) >= 11 is 0. The van der Waals surface area contributed by atoms with E-state index >= 15 is 0 Å². The minimum atomic E-state index is -0.631. The first-order valence-corrected chi connectivity index (χ1v) is 5.60. The van der Waals surface area contributed by atoms with E-state index in [9.17, 15) is 5.11 Å². The summed E-state index contributed by atoms with van der Waals surface area (Å²) in [7, 11) is 0. The van der Waals surface area contributed by atoms with Crippen molar-refractivity contribution in [3.8, 4) is 5.75 Å². The van der Waals surface area contributed by atoms with Crippen LogP contribution in [0.4, 0.5) is 5.69 Å². The van der Waals surface area contributed by atoms with Gasteiger partial charge >= 0.3 is 0 Å². The quantitative estimate of drug-likeness (QED) is 0.704. The first-order valence-electron chi connectivity index (χ1n) is 5.60. The molecule has 0 saturated carbocycles. The molecule has 94 valence electrons. The molecule has 1 aromatic carbocycles. The molecule has 1 aliphatic rings. The molecule has 1 fully saturated rings. The minimum Gasteiger partial charge on any atom is -0.491 e. The second-order valence-corrected chi connectivity index (χ2v) is 4.03. The van der Waals surface area contributed by atoms with Gasteiger partial charge in [0.2, 0.25) is 0 Å². The van der Waals surface area contributed by atoms with Gasteiger partial charge in [0.1, 0.15) is 24.6 Å². The second-order valence-electron chi connectivity index (χ2n) is 4.03. The highest BCUT2D eigenvalue weighted by Gasteiger charge is 2.20. The van der Waals surface area contributed by atoms with E-state index in [1.54, 1.807) is 24.3 Å². The number of benzene rings is 1. The normalized spacial score (nSPS) is 17.5. The van der Waals surface area contributed by atoms with Crippen molar-refractivity contribution in [1.82, 2.24) is 0 Å². The van der Waals surface area contributed by atoms with Gasteiger partial charge in [-0.25, -0.2) is 0 Å². The van der Waals surface area contributed by atoms with Gasteiger partial charge in [-0.1, -0.05) is 0 Å². The van der Waals surface area contributed by atoms with Crippen molar-refractivity contribution in [2.45, 2.75) is 12.2 Å². The van der Waals surface area contributed by atoms with E-state index < -0.39 is 6.10 Å². The molecule has 5 nitrogen and oxygen atoms in total. The van der Waals surface area contributed by atoms with Crippen molar-refractivity contribution in [2.75, 3.05) is 32.2 Å². The standard InChI is InChI=1S/C12H17NO4/c13-9-1-3-11(4-2-9)16-5-10(14)6-17-12-7-15-8-12/h1-4,10,12,14H,5-8,13H2. The molecule has 0 bridgehead atoms. The monoisotopic (exact) mass is 239 g/mol. The molecule has 1 aromatic rings. The molecule has 2 rings (SSSR count). The Morgan fingerprint density at radius 2 is 2.00 bits per heavy atom. The topological polar surface area (TPSA) is 73.9 Å². The van der Waals surface area contributed by atoms with Crippen LogP contribution >= 0.6 is 0 Å². The van der Waals surface area contributed by atoms with Crippen LogP contribution < -0.4 is 10.5 Å². The largest absolute Gasteiger partial charge is 0.491 e. The van der Waals surface area contributed by atoms with Gasteiger partial charge in [0.25, 0.3) is 0 Å². The van der Waals surface area contributed by atoms with Crippen LogP contribution in [0.5, 0.6) is 5.75 Å². The Bertz CT molecular complexity index is 337. The molecule has 0 aromatic heterocycles. The molecule has 1 heterocycles. The van der Waals surface area contributed by atoms with Gasteiger partial charge in [0.15, 0.2) is 0 Å². The van der Waals surface area contributed by atoms with Gasteiger partial charge in [-0.15, -0.1) is 0 Å². The Hall–Kier alpha value is -1.30. The fraction of sp³-hybridized carbons (Fsp3) is 0.500. The van der Waals surface area contributed by atoms with Crippen molar-refractivity contribution < 1.29 is 19.3 Å². The zero-order valence-electron chi connectivity index (χ0n) is 9.54. The molecule has 0 aliphatic carbocycles. The number of ether oxygens (including phenoxy) is 3. The Labute approximate surface area is 100 Å². The lowest BCUT2D eigenvalue weighted by atomic mass is 10.3. The summed E-state index contributed by atoms with van der Waals surface area (Å²) in [5.74, 6) is 0.685. The third-order valence-electron chi connectivity index (χ3n) is 2.45. The van der Waals surface area contributed by atoms with Crippen LogP contribution in [-0.4, -0.2) is 43.7 Å². The Kier molecular flexibility index (Phi) is 4.19. The third-order valence-corrected chi connectivity index (χ3v) is 2.45. The van der Waals surface area contributed by atoms with Gasteiger partial charge < -0.3 is 25.1 Å². The predicted octanol–water partition coefficient (Wildman–Crippen LogP) is 0.424. The Morgan fingerprint density at radius 1 is 1.29 bits per heavy atom. The summed E-state index contributed by atoms with van der Waals surface area (Å²) in [6.45, 7) is 1.71. The lowest BCUT2D eigenvalue weighted by Crippen LogP contribution is -2.38. The average molecular weight is 239 g/mol. The molecule has 17 heavy (non-hydrogen) atoms. The fourth-order valence-electron chi connectivity index (χ4n) is 1.36. The summed E-state index contributed by atoms with van der Waals surface area (Å²) < 4.78 is 15.7. The number of nitrogens with two attached hydrogens (primary N) is 1. The molecule has 0 radical (unpaired) electrons. The maximum Gasteiger partial charge on any atom is 0.119 e. The van der Waals surface area contributed by atoms with Gasteiger partial charge in [-0.05, 0) is 24.3 Å². The molecular formula is C12H17NO4. The highest BCUT2D eigenvalue weighted by atomic mass is 16.6. The molecule has 0 spiro atoms. The van der Waals surface area contributed by atoms with E-state index in [1.165, 1.54) is 0 Å². The SMILES string of the molecule is Nc1ccc(OCC(O)COC2COC2)cc1. The molecule has 1 unspecified atom stereocenters. The Balaban J connectivity index is 1.64. The first-order chi connectivity index (χ1) is 8.24. The predicted molar refractivity (Wildman–Crippen MR) is 62.9 cm³/mol. The van der Waals surface area contributed by atoms with Crippen LogP contribution in [0.2, 0.25) is 0 Å². The van der Waals surface area contributed by atoms with E-state index in [2.05, 4.69) is 0 Å². The van der Waals surface area contributed by atoms with Crippen LogP contribution in [0, 0.1) is 0 Å². The number of aliphatic hydroxyl groups excluding tert-OH is 1.